The average Bonchev–Trinajstić information content (AvgIpc) is 2.63. The summed E-state index contributed by atoms with van der Waals surface area (Å²) in [7, 11) is 1.28. The average molecular weight is 344 g/mol. The van der Waals surface area contributed by atoms with E-state index in [1.165, 1.54) is 12.7 Å². The van der Waals surface area contributed by atoms with Crippen LogP contribution in [0.2, 0.25) is 0 Å². The maximum Gasteiger partial charge on any atom is 0.325 e. The minimum Gasteiger partial charge on any atom is -0.477 e. The standard InChI is InChI=1S/C19H24N2O4/c1-5-13-6-7-14-10-20-16(9-15(14)8-13)25-12-19(2,3)18(23)21-11-17(22)24-4/h6-10H,5,11-12H2,1-4H3,(H,21,23). The van der Waals surface area contributed by atoms with Crippen molar-refractivity contribution in [2.75, 3.05) is 20.3 Å². The van der Waals surface area contributed by atoms with E-state index in [0.29, 0.717) is 5.88 Å². The summed E-state index contributed by atoms with van der Waals surface area (Å²) in [6.45, 7) is 5.58. The van der Waals surface area contributed by atoms with Crippen LogP contribution < -0.4 is 10.1 Å². The van der Waals surface area contributed by atoms with Gasteiger partial charge in [-0.3, -0.25) is 9.59 Å². The monoisotopic (exact) mass is 344 g/mol. The molecule has 0 fully saturated rings. The van der Waals surface area contributed by atoms with Gasteiger partial charge in [-0.2, -0.15) is 0 Å². The molecule has 1 aromatic carbocycles. The highest BCUT2D eigenvalue weighted by Gasteiger charge is 2.29. The van der Waals surface area contributed by atoms with Crippen LogP contribution in [0.25, 0.3) is 10.8 Å². The number of nitrogens with zero attached hydrogens (tertiary/aromatic N) is 1. The lowest BCUT2D eigenvalue weighted by molar-refractivity contribution is -0.142. The van der Waals surface area contributed by atoms with Gasteiger partial charge in [0.1, 0.15) is 13.2 Å². The van der Waals surface area contributed by atoms with Crippen molar-refractivity contribution in [1.82, 2.24) is 10.3 Å². The number of nitrogens with one attached hydrogen (secondary N) is 1. The van der Waals surface area contributed by atoms with Gasteiger partial charge in [-0.1, -0.05) is 25.1 Å². The number of aromatic nitrogens is 1. The fourth-order valence-electron chi connectivity index (χ4n) is 2.25. The van der Waals surface area contributed by atoms with Crippen LogP contribution in [0, 0.1) is 5.41 Å². The zero-order valence-electron chi connectivity index (χ0n) is 15.1. The molecule has 0 bridgehead atoms. The number of carbonyl (C=O) groups excluding carboxylic acids is 2. The molecule has 6 heteroatoms. The first-order chi connectivity index (χ1) is 11.9. The second-order valence-electron chi connectivity index (χ2n) is 6.49. The molecule has 134 valence electrons. The molecule has 1 amide bonds. The van der Waals surface area contributed by atoms with Crippen LogP contribution in [-0.2, 0) is 20.7 Å². The van der Waals surface area contributed by atoms with Gasteiger partial charge >= 0.3 is 5.97 Å². The Morgan fingerprint density at radius 2 is 1.96 bits per heavy atom. The molecule has 0 aliphatic rings. The van der Waals surface area contributed by atoms with E-state index in [9.17, 15) is 9.59 Å². The fourth-order valence-corrected chi connectivity index (χ4v) is 2.25. The smallest absolute Gasteiger partial charge is 0.325 e. The second kappa shape index (κ2) is 7.96. The summed E-state index contributed by atoms with van der Waals surface area (Å²) >= 11 is 0. The maximum absolute atomic E-state index is 12.2. The van der Waals surface area contributed by atoms with Crippen molar-refractivity contribution in [2.24, 2.45) is 5.41 Å². The number of methoxy groups -OCH3 is 1. The lowest BCUT2D eigenvalue weighted by Gasteiger charge is -2.23. The van der Waals surface area contributed by atoms with Crippen molar-refractivity contribution in [1.29, 1.82) is 0 Å². The molecule has 25 heavy (non-hydrogen) atoms. The Bertz CT molecular complexity index is 771. The highest BCUT2D eigenvalue weighted by molar-refractivity contribution is 5.86. The van der Waals surface area contributed by atoms with Gasteiger partial charge in [-0.25, -0.2) is 4.98 Å². The first-order valence-electron chi connectivity index (χ1n) is 8.22. The fraction of sp³-hybridized carbons (Fsp3) is 0.421. The third-order valence-electron chi connectivity index (χ3n) is 3.99. The van der Waals surface area contributed by atoms with Crippen LogP contribution in [0.15, 0.2) is 30.5 Å². The molecule has 2 rings (SSSR count). The summed E-state index contributed by atoms with van der Waals surface area (Å²) in [6.07, 6.45) is 2.72. The maximum atomic E-state index is 12.2. The molecular formula is C19H24N2O4. The highest BCUT2D eigenvalue weighted by Crippen LogP contribution is 2.22. The van der Waals surface area contributed by atoms with E-state index in [0.717, 1.165) is 17.2 Å². The largest absolute Gasteiger partial charge is 0.477 e. The van der Waals surface area contributed by atoms with Gasteiger partial charge in [0.15, 0.2) is 0 Å². The molecule has 0 atom stereocenters. The third-order valence-corrected chi connectivity index (χ3v) is 3.99. The van der Waals surface area contributed by atoms with Crippen molar-refractivity contribution in [3.05, 3.63) is 36.0 Å². The molecule has 0 unspecified atom stereocenters. The first-order valence-corrected chi connectivity index (χ1v) is 8.22. The van der Waals surface area contributed by atoms with Crippen molar-refractivity contribution in [2.45, 2.75) is 27.2 Å². The second-order valence-corrected chi connectivity index (χ2v) is 6.49. The molecule has 0 aliphatic carbocycles. The summed E-state index contributed by atoms with van der Waals surface area (Å²) < 4.78 is 10.2. The third kappa shape index (κ3) is 4.92. The van der Waals surface area contributed by atoms with Gasteiger partial charge in [0.05, 0.1) is 12.5 Å². The Morgan fingerprint density at radius 3 is 2.64 bits per heavy atom. The number of esters is 1. The van der Waals surface area contributed by atoms with Crippen LogP contribution in [0.5, 0.6) is 5.88 Å². The van der Waals surface area contributed by atoms with Gasteiger partial charge in [-0.15, -0.1) is 0 Å². The quantitative estimate of drug-likeness (QED) is 0.781. The van der Waals surface area contributed by atoms with Crippen molar-refractivity contribution < 1.29 is 19.1 Å². The number of benzene rings is 1. The van der Waals surface area contributed by atoms with Crippen molar-refractivity contribution in [3.8, 4) is 5.88 Å². The summed E-state index contributed by atoms with van der Waals surface area (Å²) in [5.41, 5.74) is 0.433. The highest BCUT2D eigenvalue weighted by atomic mass is 16.5. The predicted molar refractivity (Wildman–Crippen MR) is 95.4 cm³/mol. The summed E-state index contributed by atoms with van der Waals surface area (Å²) in [4.78, 5) is 27.6. The van der Waals surface area contributed by atoms with E-state index in [4.69, 9.17) is 4.74 Å². The predicted octanol–water partition coefficient (Wildman–Crippen LogP) is 2.49. The first kappa shape index (κ1) is 18.7. The van der Waals surface area contributed by atoms with Gasteiger partial charge < -0.3 is 14.8 Å². The van der Waals surface area contributed by atoms with Gasteiger partial charge in [-0.05, 0) is 31.2 Å². The topological polar surface area (TPSA) is 77.5 Å². The van der Waals surface area contributed by atoms with Crippen LogP contribution in [0.4, 0.5) is 0 Å². The molecule has 0 radical (unpaired) electrons. The van der Waals surface area contributed by atoms with E-state index in [-0.39, 0.29) is 19.1 Å². The molecule has 2 aromatic rings. The molecule has 0 spiro atoms. The van der Waals surface area contributed by atoms with E-state index in [2.05, 4.69) is 34.1 Å². The lowest BCUT2D eigenvalue weighted by Crippen LogP contribution is -2.43. The van der Waals surface area contributed by atoms with Crippen molar-refractivity contribution in [3.63, 3.8) is 0 Å². The minimum atomic E-state index is -0.810. The molecule has 6 nitrogen and oxygen atoms in total. The Hall–Kier alpha value is -2.63. The number of hydrogen-bond acceptors (Lipinski definition) is 5. The Balaban J connectivity index is 2.02. The number of ether oxygens (including phenoxy) is 2. The normalized spacial score (nSPS) is 11.2. The minimum absolute atomic E-state index is 0.145. The van der Waals surface area contributed by atoms with Crippen molar-refractivity contribution >= 4 is 22.6 Å². The summed E-state index contributed by atoms with van der Waals surface area (Å²) in [6, 6.07) is 8.10. The number of rotatable bonds is 7. The lowest BCUT2D eigenvalue weighted by atomic mass is 9.93. The zero-order chi connectivity index (χ0) is 18.4. The Morgan fingerprint density at radius 1 is 1.20 bits per heavy atom. The molecule has 0 aliphatic heterocycles. The number of pyridine rings is 1. The van der Waals surface area contributed by atoms with E-state index in [1.807, 2.05) is 12.1 Å². The molecule has 0 saturated heterocycles. The number of fused-ring (bicyclic) bond motifs is 1. The van der Waals surface area contributed by atoms with E-state index >= 15 is 0 Å². The van der Waals surface area contributed by atoms with E-state index in [1.54, 1.807) is 20.0 Å². The Labute approximate surface area is 147 Å². The van der Waals surface area contributed by atoms with Crippen LogP contribution in [-0.4, -0.2) is 37.1 Å². The number of aryl methyl sites for hydroxylation is 1. The summed E-state index contributed by atoms with van der Waals surface area (Å²) in [5, 5.41) is 4.64. The van der Waals surface area contributed by atoms with Gasteiger partial charge in [0, 0.05) is 17.6 Å². The summed E-state index contributed by atoms with van der Waals surface area (Å²) in [5.74, 6) is -0.311. The molecule has 1 N–H and O–H groups in total. The van der Waals surface area contributed by atoms with Crippen LogP contribution >= 0.6 is 0 Å². The zero-order valence-corrected chi connectivity index (χ0v) is 15.1. The van der Waals surface area contributed by atoms with Gasteiger partial charge in [0.25, 0.3) is 0 Å². The molecule has 1 aromatic heterocycles. The number of hydrogen-bond donors (Lipinski definition) is 1. The Kier molecular flexibility index (Phi) is 5.96. The molecular weight excluding hydrogens is 320 g/mol. The van der Waals surface area contributed by atoms with Crippen LogP contribution in [0.3, 0.4) is 0 Å². The van der Waals surface area contributed by atoms with E-state index < -0.39 is 11.4 Å². The van der Waals surface area contributed by atoms with Gasteiger partial charge in [0.2, 0.25) is 11.8 Å². The molecule has 1 heterocycles. The van der Waals surface area contributed by atoms with Crippen LogP contribution in [0.1, 0.15) is 26.3 Å². The SMILES string of the molecule is CCc1ccc2cnc(OCC(C)(C)C(=O)NCC(=O)OC)cc2c1. The molecule has 0 saturated carbocycles. The number of carbonyl (C=O) groups is 2. The number of amides is 1.